The first-order valence-corrected chi connectivity index (χ1v) is 19.3. The molecule has 1 aromatic rings. The van der Waals surface area contributed by atoms with Crippen LogP contribution in [0.5, 0.6) is 0 Å². The second kappa shape index (κ2) is 24.8. The highest BCUT2D eigenvalue weighted by Gasteiger charge is 2.52. The summed E-state index contributed by atoms with van der Waals surface area (Å²) in [6.07, 6.45) is 5.41. The molecule has 1 fully saturated rings. The van der Waals surface area contributed by atoms with E-state index in [1.54, 1.807) is 31.2 Å². The summed E-state index contributed by atoms with van der Waals surface area (Å²) in [5.41, 5.74) is 2.70. The van der Waals surface area contributed by atoms with Gasteiger partial charge in [0.2, 0.25) is 5.91 Å². The summed E-state index contributed by atoms with van der Waals surface area (Å²) >= 11 is 0. The van der Waals surface area contributed by atoms with Crippen LogP contribution in [0.2, 0.25) is 0 Å². The van der Waals surface area contributed by atoms with Gasteiger partial charge in [0.1, 0.15) is 5.71 Å². The normalized spacial score (nSPS) is 15.7. The van der Waals surface area contributed by atoms with Gasteiger partial charge in [0.15, 0.2) is 5.70 Å². The second-order valence-electron chi connectivity index (χ2n) is 13.1. The van der Waals surface area contributed by atoms with Crippen LogP contribution in [0.4, 0.5) is 8.63 Å². The van der Waals surface area contributed by atoms with E-state index in [4.69, 9.17) is 42.7 Å². The van der Waals surface area contributed by atoms with Crippen LogP contribution in [0, 0.1) is 13.8 Å². The van der Waals surface area contributed by atoms with Crippen LogP contribution in [0.3, 0.4) is 0 Å². The van der Waals surface area contributed by atoms with Crippen molar-refractivity contribution >= 4 is 42.4 Å². The molecule has 17 nitrogen and oxygen atoms in total. The van der Waals surface area contributed by atoms with Crippen LogP contribution in [-0.4, -0.2) is 163 Å². The van der Waals surface area contributed by atoms with E-state index < -0.39 is 24.8 Å². The molecular weight excluding hydrogens is 757 g/mol. The lowest BCUT2D eigenvalue weighted by Crippen LogP contribution is -2.50. The van der Waals surface area contributed by atoms with Crippen molar-refractivity contribution in [1.82, 2.24) is 14.9 Å². The lowest BCUT2D eigenvalue weighted by atomic mass is 9.90. The van der Waals surface area contributed by atoms with Crippen LogP contribution >= 0.6 is 0 Å². The molecule has 0 aromatic carbocycles. The van der Waals surface area contributed by atoms with Crippen LogP contribution in [0.1, 0.15) is 49.1 Å². The minimum atomic E-state index is -4.04. The Morgan fingerprint density at radius 3 is 1.68 bits per heavy atom. The van der Waals surface area contributed by atoms with E-state index >= 15 is 8.63 Å². The topological polar surface area (TPSA) is 175 Å². The Morgan fingerprint density at radius 1 is 0.702 bits per heavy atom. The van der Waals surface area contributed by atoms with Gasteiger partial charge in [0.05, 0.1) is 112 Å². The Kier molecular flexibility index (Phi) is 19.9. The molecule has 318 valence electrons. The number of carbonyl (C=O) groups excluding carboxylic acids is 4. The largest absolute Gasteiger partial charge is 0.737 e. The average Bonchev–Trinajstić information content (AvgIpc) is 3.84. The van der Waals surface area contributed by atoms with Gasteiger partial charge in [-0.25, -0.2) is 4.79 Å². The molecule has 0 saturated carbocycles. The molecular formula is C37H55BF2N4O13. The number of carbonyl (C=O) groups is 4. The average molecular weight is 813 g/mol. The van der Waals surface area contributed by atoms with Gasteiger partial charge >= 0.3 is 12.9 Å². The van der Waals surface area contributed by atoms with Gasteiger partial charge in [0, 0.05) is 56.2 Å². The number of amides is 3. The van der Waals surface area contributed by atoms with Crippen LogP contribution in [-0.2, 0) is 61.9 Å². The highest BCUT2D eigenvalue weighted by atomic mass is 19.2. The number of imide groups is 1. The number of halogens is 2. The van der Waals surface area contributed by atoms with Gasteiger partial charge in [-0.05, 0) is 31.2 Å². The van der Waals surface area contributed by atoms with Gasteiger partial charge in [-0.3, -0.25) is 14.4 Å². The van der Waals surface area contributed by atoms with E-state index in [-0.39, 0.29) is 51.2 Å². The van der Waals surface area contributed by atoms with Crippen molar-refractivity contribution in [3.05, 3.63) is 40.9 Å². The third-order valence-electron chi connectivity index (χ3n) is 8.84. The van der Waals surface area contributed by atoms with Crippen molar-refractivity contribution in [3.8, 4) is 0 Å². The summed E-state index contributed by atoms with van der Waals surface area (Å²) in [6.45, 7) is 5.59. The first kappa shape index (κ1) is 45.8. The third kappa shape index (κ3) is 15.1. The second-order valence-corrected chi connectivity index (χ2v) is 13.1. The Bertz CT molecular complexity index is 1570. The predicted octanol–water partition coefficient (Wildman–Crippen LogP) is 1.73. The van der Waals surface area contributed by atoms with E-state index in [0.717, 1.165) is 14.5 Å². The molecule has 3 amide bonds. The maximum atomic E-state index is 15.5. The van der Waals surface area contributed by atoms with Gasteiger partial charge < -0.3 is 65.6 Å². The van der Waals surface area contributed by atoms with Crippen LogP contribution in [0.15, 0.2) is 23.9 Å². The molecule has 0 bridgehead atoms. The van der Waals surface area contributed by atoms with E-state index in [0.29, 0.717) is 127 Å². The fourth-order valence-electron chi connectivity index (χ4n) is 6.09. The van der Waals surface area contributed by atoms with E-state index in [2.05, 4.69) is 5.32 Å². The van der Waals surface area contributed by atoms with Crippen molar-refractivity contribution in [3.63, 3.8) is 0 Å². The predicted molar refractivity (Wildman–Crippen MR) is 200 cm³/mol. The lowest BCUT2D eigenvalue weighted by molar-refractivity contribution is -0.362. The van der Waals surface area contributed by atoms with Crippen molar-refractivity contribution in [2.24, 2.45) is 0 Å². The Balaban J connectivity index is 0.833. The fraction of sp³-hybridized carbons (Fsp3) is 0.649. The Morgan fingerprint density at radius 2 is 1.18 bits per heavy atom. The first-order valence-electron chi connectivity index (χ1n) is 19.3. The number of hydrogen-bond donors (Lipinski definition) is 1. The number of hydroxylamine groups is 2. The molecule has 0 unspecified atom stereocenters. The summed E-state index contributed by atoms with van der Waals surface area (Å²) in [6, 6.07) is 1.76. The number of aromatic nitrogens is 1. The number of hydrogen-bond acceptors (Lipinski definition) is 13. The minimum absolute atomic E-state index is 0.0487. The van der Waals surface area contributed by atoms with Gasteiger partial charge in [-0.1, -0.05) is 0 Å². The molecule has 1 N–H and O–H groups in total. The summed E-state index contributed by atoms with van der Waals surface area (Å²) in [7, 11) is 0. The van der Waals surface area contributed by atoms with Crippen LogP contribution < -0.4 is 5.32 Å². The number of aryl methyl sites for hydroxylation is 2. The van der Waals surface area contributed by atoms with Crippen molar-refractivity contribution in [1.29, 1.82) is 0 Å². The molecule has 20 heteroatoms. The highest BCUT2D eigenvalue weighted by Crippen LogP contribution is 2.34. The molecule has 0 radical (unpaired) electrons. The molecule has 0 aliphatic carbocycles. The maximum Gasteiger partial charge on any atom is 0.737 e. The van der Waals surface area contributed by atoms with Crippen molar-refractivity contribution in [2.45, 2.75) is 46.0 Å². The molecule has 1 saturated heterocycles. The van der Waals surface area contributed by atoms with E-state index in [1.807, 2.05) is 6.92 Å². The Hall–Kier alpha value is -3.89. The highest BCUT2D eigenvalue weighted by molar-refractivity contribution is 6.58. The first-order chi connectivity index (χ1) is 27.6. The summed E-state index contributed by atoms with van der Waals surface area (Å²) in [4.78, 5) is 51.6. The van der Waals surface area contributed by atoms with Crippen molar-refractivity contribution in [2.75, 3.05) is 112 Å². The maximum absolute atomic E-state index is 15.5. The third-order valence-corrected chi connectivity index (χ3v) is 8.84. The molecule has 3 aliphatic heterocycles. The molecule has 0 atom stereocenters. The monoisotopic (exact) mass is 812 g/mol. The number of allylic oxidation sites excluding steroid dienone is 2. The van der Waals surface area contributed by atoms with E-state index in [9.17, 15) is 19.2 Å². The zero-order valence-electron chi connectivity index (χ0n) is 32.8. The van der Waals surface area contributed by atoms with Gasteiger partial charge in [-0.15, -0.1) is 5.06 Å². The number of fused-ring (bicyclic) bond motifs is 2. The zero-order chi connectivity index (χ0) is 40.9. The molecule has 4 heterocycles. The van der Waals surface area contributed by atoms with Gasteiger partial charge in [0.25, 0.3) is 11.8 Å². The quantitative estimate of drug-likeness (QED) is 0.0653. The molecule has 1 aromatic heterocycles. The number of rotatable bonds is 31. The number of ether oxygens (including phenoxy) is 8. The Labute approximate surface area is 331 Å². The standard InChI is InChI=1S/C37H55BF2N4O13/c1-29-27-30(2)42-33(29)28-32-4-3-31(43(32)38(42,39)40)5-6-34(45)41-10-12-50-14-16-52-18-20-54-22-24-56-26-25-55-23-21-53-19-17-51-15-13-49-11-9-37(48)57-44-35(46)7-8-36(44)47/h3-4,27-28H,5-26H2,1-2H3,(H,41,45). The summed E-state index contributed by atoms with van der Waals surface area (Å²) < 4.78 is 76.6. The lowest BCUT2D eigenvalue weighted by Gasteiger charge is -2.30. The smallest absolute Gasteiger partial charge is 0.394 e. The fourth-order valence-corrected chi connectivity index (χ4v) is 6.09. The zero-order valence-corrected chi connectivity index (χ0v) is 32.8. The summed E-state index contributed by atoms with van der Waals surface area (Å²) in [5.74, 6) is -1.98. The molecule has 3 aliphatic rings. The molecule has 0 spiro atoms. The SMILES string of the molecule is Cc1cc(C)n2c1C=C1C=CC(CCC(=O)NCCOCCOCCOCCOCCOCCOCCOCCOCCC(=O)ON3C(=O)CCC3=O)=[N+]1[B-]2(F)F. The van der Waals surface area contributed by atoms with E-state index in [1.165, 1.54) is 0 Å². The minimum Gasteiger partial charge on any atom is -0.394 e. The molecule has 57 heavy (non-hydrogen) atoms. The van der Waals surface area contributed by atoms with Gasteiger partial charge in [-0.2, -0.15) is 0 Å². The summed E-state index contributed by atoms with van der Waals surface area (Å²) in [5, 5.41) is 3.28. The number of nitrogens with zero attached hydrogens (tertiary/aromatic N) is 3. The number of nitrogens with one attached hydrogen (secondary N) is 1. The van der Waals surface area contributed by atoms with Crippen LogP contribution in [0.25, 0.3) is 6.08 Å². The van der Waals surface area contributed by atoms with Crippen molar-refractivity contribution < 1.29 is 75.0 Å². The molecule has 4 rings (SSSR count).